The Hall–Kier alpha value is -4.32. The van der Waals surface area contributed by atoms with E-state index in [1.807, 2.05) is 12.1 Å². The monoisotopic (exact) mass is 395 g/mol. The minimum absolute atomic E-state index is 0.00423. The van der Waals surface area contributed by atoms with Crippen molar-refractivity contribution in [2.75, 3.05) is 0 Å². The maximum Gasteiger partial charge on any atom is 0.346 e. The third-order valence-corrected chi connectivity index (χ3v) is 6.51. The highest BCUT2D eigenvalue weighted by Crippen LogP contribution is 2.50. The Morgan fingerprint density at radius 1 is 0.966 bits per heavy atom. The van der Waals surface area contributed by atoms with Gasteiger partial charge in [0.1, 0.15) is 0 Å². The molecule has 29 heavy (non-hydrogen) atoms. The predicted molar refractivity (Wildman–Crippen MR) is 99.5 cm³/mol. The normalized spacial score (nSPS) is 15.7. The maximum absolute atomic E-state index is 13.4. The molecular weight excluding hydrogens is 390 g/mol. The smallest absolute Gasteiger partial charge is 0.346 e. The molecule has 2 aliphatic rings. The van der Waals surface area contributed by atoms with Crippen molar-refractivity contribution in [1.29, 1.82) is 10.5 Å². The average Bonchev–Trinajstić information content (AvgIpc) is 2.74. The van der Waals surface area contributed by atoms with Gasteiger partial charge >= 0.3 is 11.9 Å². The molecule has 0 saturated carbocycles. The lowest BCUT2D eigenvalue weighted by Crippen LogP contribution is -2.21. The molecule has 3 aromatic carbocycles. The molecule has 8 heteroatoms. The number of carbonyl (C=O) groups is 2. The molecule has 2 aliphatic heterocycles. The van der Waals surface area contributed by atoms with Crippen LogP contribution in [0.3, 0.4) is 0 Å². The molecule has 5 rings (SSSR count). The zero-order chi connectivity index (χ0) is 20.4. The summed E-state index contributed by atoms with van der Waals surface area (Å²) in [5, 5.41) is 19.5. The highest BCUT2D eigenvalue weighted by Gasteiger charge is 2.37. The van der Waals surface area contributed by atoms with Crippen LogP contribution in [-0.4, -0.2) is 16.1 Å². The van der Waals surface area contributed by atoms with Gasteiger partial charge in [0, 0.05) is 16.5 Å². The van der Waals surface area contributed by atoms with Gasteiger partial charge in [0.2, 0.25) is 5.69 Å². The molecule has 0 aromatic heterocycles. The van der Waals surface area contributed by atoms with Crippen molar-refractivity contribution in [2.45, 2.75) is 9.79 Å². The first-order chi connectivity index (χ1) is 14.0. The number of nitriles is 2. The fourth-order valence-electron chi connectivity index (χ4n) is 3.81. The van der Waals surface area contributed by atoms with Crippen molar-refractivity contribution in [3.8, 4) is 23.3 Å². The number of hydrogen-bond acceptors (Lipinski definition) is 6. The van der Waals surface area contributed by atoms with Crippen LogP contribution in [0.1, 0.15) is 31.8 Å². The van der Waals surface area contributed by atoms with E-state index in [1.54, 1.807) is 0 Å². The summed E-state index contributed by atoms with van der Waals surface area (Å²) in [5.74, 6) is -1.81. The van der Waals surface area contributed by atoms with E-state index in [0.29, 0.717) is 21.6 Å². The van der Waals surface area contributed by atoms with Gasteiger partial charge in [0.25, 0.3) is 0 Å². The third-order valence-electron chi connectivity index (χ3n) is 4.97. The second kappa shape index (κ2) is 5.59. The highest BCUT2D eigenvalue weighted by molar-refractivity contribution is 7.85. The Labute approximate surface area is 165 Å². The van der Waals surface area contributed by atoms with Crippen molar-refractivity contribution < 1.29 is 18.5 Å². The van der Waals surface area contributed by atoms with E-state index in [4.69, 9.17) is 11.3 Å². The molecule has 0 aliphatic carbocycles. The van der Waals surface area contributed by atoms with Crippen LogP contribution in [0.15, 0.2) is 40.1 Å². The van der Waals surface area contributed by atoms with E-state index < -0.39 is 22.7 Å². The van der Waals surface area contributed by atoms with Crippen LogP contribution < -0.4 is 0 Å². The van der Waals surface area contributed by atoms with E-state index in [2.05, 4.69) is 4.85 Å². The van der Waals surface area contributed by atoms with Crippen LogP contribution in [-0.2, 0) is 15.5 Å². The molecule has 0 spiro atoms. The lowest BCUT2D eigenvalue weighted by molar-refractivity contribution is 0.0391. The average molecular weight is 395 g/mol. The number of benzene rings is 3. The number of rotatable bonds is 0. The fourth-order valence-corrected chi connectivity index (χ4v) is 5.27. The summed E-state index contributed by atoms with van der Waals surface area (Å²) in [6.45, 7) is 7.51. The van der Waals surface area contributed by atoms with Gasteiger partial charge in [-0.2, -0.15) is 10.5 Å². The standard InChI is InChI=1S/C21H5N3O4S/c1-24-14-6-13-17-12(20(25)28-21(13)26)5-10(8-23)16-11-4-9(7-22)2-3-15(11)29(27)19(14)18(16)17/h2-6H. The van der Waals surface area contributed by atoms with Crippen LogP contribution in [0, 0.1) is 29.2 Å². The minimum atomic E-state index is -1.81. The summed E-state index contributed by atoms with van der Waals surface area (Å²) in [4.78, 5) is 28.6. The zero-order valence-corrected chi connectivity index (χ0v) is 15.1. The van der Waals surface area contributed by atoms with Gasteiger partial charge in [-0.15, -0.1) is 0 Å². The summed E-state index contributed by atoms with van der Waals surface area (Å²) in [6.07, 6.45) is 0. The number of carbonyl (C=O) groups excluding carboxylic acids is 2. The number of cyclic esters (lactones) is 2. The van der Waals surface area contributed by atoms with Gasteiger partial charge in [0.05, 0.1) is 61.6 Å². The second-order valence-electron chi connectivity index (χ2n) is 6.36. The maximum atomic E-state index is 13.4. The molecular formula is C21H5N3O4S. The lowest BCUT2D eigenvalue weighted by atomic mass is 9.86. The molecule has 0 N–H and O–H groups in total. The Morgan fingerprint density at radius 3 is 2.34 bits per heavy atom. The van der Waals surface area contributed by atoms with Crippen LogP contribution in [0.4, 0.5) is 5.69 Å². The van der Waals surface area contributed by atoms with Crippen LogP contribution >= 0.6 is 0 Å². The van der Waals surface area contributed by atoms with E-state index in [0.717, 1.165) is 0 Å². The largest absolute Gasteiger partial charge is 0.386 e. The molecule has 2 heterocycles. The van der Waals surface area contributed by atoms with Crippen LogP contribution in [0.25, 0.3) is 26.7 Å². The first kappa shape index (κ1) is 16.8. The van der Waals surface area contributed by atoms with Gasteiger partial charge in [-0.05, 0) is 35.7 Å². The number of fused-ring (bicyclic) bond motifs is 2. The van der Waals surface area contributed by atoms with Gasteiger partial charge in [-0.25, -0.2) is 14.4 Å². The molecule has 0 radical (unpaired) electrons. The predicted octanol–water partition coefficient (Wildman–Crippen LogP) is 3.59. The fraction of sp³-hybridized carbons (Fsp3) is 0. The van der Waals surface area contributed by atoms with E-state index in [1.165, 1.54) is 30.3 Å². The molecule has 1 unspecified atom stereocenters. The molecule has 7 nitrogen and oxygen atoms in total. The number of ether oxygens (including phenoxy) is 1. The summed E-state index contributed by atoms with van der Waals surface area (Å²) in [5.41, 5.74) is 1.14. The summed E-state index contributed by atoms with van der Waals surface area (Å²) in [7, 11) is -1.81. The van der Waals surface area contributed by atoms with Crippen LogP contribution in [0.2, 0.25) is 0 Å². The zero-order valence-electron chi connectivity index (χ0n) is 14.3. The highest BCUT2D eigenvalue weighted by atomic mass is 32.2. The molecule has 0 saturated heterocycles. The first-order valence-corrected chi connectivity index (χ1v) is 9.33. The molecule has 1 atom stereocenters. The molecule has 0 bridgehead atoms. The molecule has 3 aromatic rings. The van der Waals surface area contributed by atoms with Gasteiger partial charge in [0.15, 0.2) is 0 Å². The van der Waals surface area contributed by atoms with E-state index in [-0.39, 0.29) is 38.0 Å². The number of nitrogens with zero attached hydrogens (tertiary/aromatic N) is 3. The number of esters is 2. The lowest BCUT2D eigenvalue weighted by Gasteiger charge is -2.26. The summed E-state index contributed by atoms with van der Waals surface area (Å²) < 4.78 is 18.1. The van der Waals surface area contributed by atoms with E-state index >= 15 is 0 Å². The van der Waals surface area contributed by atoms with Crippen molar-refractivity contribution in [3.05, 3.63) is 64.0 Å². The van der Waals surface area contributed by atoms with Crippen molar-refractivity contribution in [1.82, 2.24) is 0 Å². The van der Waals surface area contributed by atoms with E-state index in [9.17, 15) is 24.3 Å². The summed E-state index contributed by atoms with van der Waals surface area (Å²) >= 11 is 0. The molecule has 0 amide bonds. The minimum Gasteiger partial charge on any atom is -0.386 e. The summed E-state index contributed by atoms with van der Waals surface area (Å²) in [6, 6.07) is 11.2. The Morgan fingerprint density at radius 2 is 1.69 bits per heavy atom. The molecule has 134 valence electrons. The Balaban J connectivity index is 2.13. The first-order valence-electron chi connectivity index (χ1n) is 8.18. The van der Waals surface area contributed by atoms with Gasteiger partial charge < -0.3 is 4.74 Å². The Bertz CT molecular complexity index is 1500. The molecule has 0 fully saturated rings. The second-order valence-corrected chi connectivity index (χ2v) is 7.75. The number of hydrogen-bond donors (Lipinski definition) is 0. The van der Waals surface area contributed by atoms with Crippen molar-refractivity contribution in [3.63, 3.8) is 0 Å². The quantitative estimate of drug-likeness (QED) is 0.255. The van der Waals surface area contributed by atoms with Crippen molar-refractivity contribution in [2.24, 2.45) is 0 Å². The van der Waals surface area contributed by atoms with Gasteiger partial charge in [-0.1, -0.05) is 0 Å². The van der Waals surface area contributed by atoms with Crippen molar-refractivity contribution >= 4 is 39.2 Å². The van der Waals surface area contributed by atoms with Gasteiger partial charge in [-0.3, -0.25) is 4.21 Å². The van der Waals surface area contributed by atoms with Crippen LogP contribution in [0.5, 0.6) is 0 Å². The third kappa shape index (κ3) is 2.00. The Kier molecular flexibility index (Phi) is 3.24. The SMILES string of the molecule is [C-]#[N+]c1cc2c3c(cc(C#N)c4c3c1S(=O)c1ccc(C#N)cc1-4)C(=O)OC2=O. The topological polar surface area (TPSA) is 112 Å².